The number of H-pyrrole nitrogens is 1. The van der Waals surface area contributed by atoms with E-state index < -0.39 is 32.9 Å². The lowest BCUT2D eigenvalue weighted by Gasteiger charge is -2.22. The predicted octanol–water partition coefficient (Wildman–Crippen LogP) is 6.69. The second-order valence-electron chi connectivity index (χ2n) is 12.5. The molecule has 2 aromatic heterocycles. The van der Waals surface area contributed by atoms with E-state index in [1.54, 1.807) is 77.0 Å². The van der Waals surface area contributed by atoms with Gasteiger partial charge in [0.15, 0.2) is 10.1 Å². The molecule has 0 fully saturated rings. The van der Waals surface area contributed by atoms with Gasteiger partial charge in [-0.15, -0.1) is 0 Å². The zero-order valence-corrected chi connectivity index (χ0v) is 33.8. The van der Waals surface area contributed by atoms with Gasteiger partial charge in [0, 0.05) is 42.5 Å². The van der Waals surface area contributed by atoms with Gasteiger partial charge in [0.25, 0.3) is 20.0 Å². The molecule has 302 valence electrons. The number of benzene rings is 4. The third kappa shape index (κ3) is 11.2. The number of hydrogen-bond donors (Lipinski definition) is 1. The normalized spacial score (nSPS) is 13.9. The number of rotatable bonds is 17. The first-order chi connectivity index (χ1) is 28.9. The molecule has 0 spiro atoms. The maximum absolute atomic E-state index is 13.6. The minimum Gasteiger partial charge on any atom is -0.497 e. The lowest BCUT2D eigenvalue weighted by Crippen LogP contribution is -2.30. The van der Waals surface area contributed by atoms with E-state index in [0.29, 0.717) is 11.5 Å². The molecule has 1 unspecified atom stereocenters. The van der Waals surface area contributed by atoms with Crippen LogP contribution in [0.3, 0.4) is 0 Å². The highest BCUT2D eigenvalue weighted by molar-refractivity contribution is 7.89. The van der Waals surface area contributed by atoms with Gasteiger partial charge in [0.2, 0.25) is 0 Å². The summed E-state index contributed by atoms with van der Waals surface area (Å²) >= 11 is 0. The Bertz CT molecular complexity index is 2420. The average Bonchev–Trinajstić information content (AvgIpc) is 4.00. The summed E-state index contributed by atoms with van der Waals surface area (Å²) < 4.78 is 108. The summed E-state index contributed by atoms with van der Waals surface area (Å²) in [6.07, 6.45) is 2.62. The van der Waals surface area contributed by atoms with Crippen LogP contribution < -0.4 is 18.9 Å². The highest BCUT2D eigenvalue weighted by Crippen LogP contribution is 2.25. The Balaban J connectivity index is 0.000000237. The zero-order valence-electron chi connectivity index (χ0n) is 36.2. The van der Waals surface area contributed by atoms with E-state index in [0.717, 1.165) is 45.4 Å². The highest BCUT2D eigenvalue weighted by Gasteiger charge is 2.28. The van der Waals surface area contributed by atoms with Crippen molar-refractivity contribution < 1.29 is 41.3 Å². The van der Waals surface area contributed by atoms with Crippen molar-refractivity contribution in [3.05, 3.63) is 144 Å². The van der Waals surface area contributed by atoms with Crippen molar-refractivity contribution in [1.29, 1.82) is 0 Å². The van der Waals surface area contributed by atoms with E-state index in [1.807, 2.05) is 48.5 Å². The van der Waals surface area contributed by atoms with Crippen molar-refractivity contribution in [2.45, 2.75) is 56.0 Å². The van der Waals surface area contributed by atoms with Crippen molar-refractivity contribution in [3.63, 3.8) is 0 Å². The van der Waals surface area contributed by atoms with Gasteiger partial charge in [-0.3, -0.25) is 9.78 Å². The number of ether oxygens (including phenoxy) is 4. The third-order valence-electron chi connectivity index (χ3n) is 8.68. The largest absolute Gasteiger partial charge is 0.497 e. The summed E-state index contributed by atoms with van der Waals surface area (Å²) in [7, 11) is -1.60. The molecule has 6 aromatic rings. The van der Waals surface area contributed by atoms with Gasteiger partial charge in [-0.1, -0.05) is 48.5 Å². The molecule has 57 heavy (non-hydrogen) atoms. The fourth-order valence-electron chi connectivity index (χ4n) is 5.48. The SMILES string of the molecule is COc1ccc(CN(Cc2ccc(OC)cc2)S(=O)(=O)c2ccn[nH]2)cc1.[2H]C([2H])([2H])C([2H])(C)n1ccc(S(=O)(=O)N(Cc2ccc(OC)cc2)Cc2ccc(OC)cc2)n1. The lowest BCUT2D eigenvalue weighted by atomic mass is 10.2. The quantitative estimate of drug-likeness (QED) is 0.105. The maximum atomic E-state index is 13.6. The Morgan fingerprint density at radius 3 is 1.30 bits per heavy atom. The molecule has 4 aromatic carbocycles. The van der Waals surface area contributed by atoms with Crippen LogP contribution in [0, 0.1) is 0 Å². The number of sulfonamides is 2. The van der Waals surface area contributed by atoms with Crippen LogP contribution in [-0.2, 0) is 46.2 Å². The molecule has 0 bridgehead atoms. The molecule has 6 rings (SSSR count). The summed E-state index contributed by atoms with van der Waals surface area (Å²) in [4.78, 5) is 0. The van der Waals surface area contributed by atoms with Gasteiger partial charge < -0.3 is 18.9 Å². The van der Waals surface area contributed by atoms with Crippen LogP contribution in [0.5, 0.6) is 23.0 Å². The van der Waals surface area contributed by atoms with Crippen LogP contribution >= 0.6 is 0 Å². The number of aromatic nitrogens is 4. The molecule has 0 aliphatic heterocycles. The smallest absolute Gasteiger partial charge is 0.262 e. The monoisotopic (exact) mass is 820 g/mol. The van der Waals surface area contributed by atoms with Crippen LogP contribution in [0.15, 0.2) is 132 Å². The van der Waals surface area contributed by atoms with Crippen molar-refractivity contribution in [2.24, 2.45) is 0 Å². The van der Waals surface area contributed by atoms with Gasteiger partial charge in [-0.25, -0.2) is 16.8 Å². The van der Waals surface area contributed by atoms with E-state index >= 15 is 0 Å². The summed E-state index contributed by atoms with van der Waals surface area (Å²) in [5, 5.41) is 10.0. The third-order valence-corrected chi connectivity index (χ3v) is 12.1. The van der Waals surface area contributed by atoms with E-state index in [9.17, 15) is 16.8 Å². The van der Waals surface area contributed by atoms with Gasteiger partial charge in [-0.05, 0) is 96.7 Å². The Hall–Kier alpha value is -5.68. The van der Waals surface area contributed by atoms with Crippen molar-refractivity contribution in [2.75, 3.05) is 28.4 Å². The molecule has 2 heterocycles. The van der Waals surface area contributed by atoms with Crippen molar-refractivity contribution >= 4 is 20.0 Å². The lowest BCUT2D eigenvalue weighted by molar-refractivity contribution is 0.394. The van der Waals surface area contributed by atoms with Crippen LogP contribution in [0.4, 0.5) is 0 Å². The number of nitrogens with zero attached hydrogens (tertiary/aromatic N) is 5. The molecule has 0 radical (unpaired) electrons. The van der Waals surface area contributed by atoms with Crippen molar-refractivity contribution in [3.8, 4) is 23.0 Å². The molecule has 1 N–H and O–H groups in total. The van der Waals surface area contributed by atoms with Gasteiger partial charge in [0.05, 0.1) is 36.0 Å². The van der Waals surface area contributed by atoms with E-state index in [2.05, 4.69) is 15.3 Å². The Morgan fingerprint density at radius 1 is 0.614 bits per heavy atom. The Morgan fingerprint density at radius 2 is 0.982 bits per heavy atom. The van der Waals surface area contributed by atoms with Crippen LogP contribution in [-0.4, -0.2) is 73.9 Å². The first-order valence-electron chi connectivity index (χ1n) is 19.5. The van der Waals surface area contributed by atoms with Gasteiger partial charge >= 0.3 is 0 Å². The Kier molecular flexibility index (Phi) is 12.6. The standard InChI is InChI=1S/C22H27N3O4S.C19H21N3O4S/c1-17(2)25-14-13-22(23-25)30(26,27)24(15-18-5-9-20(28-3)10-6-18)16-19-7-11-21(29-4)12-8-19;1-25-17-7-3-15(4-8-17)13-22(27(23,24)19-11-12-20-21-19)14-16-5-9-18(26-2)10-6-16/h5-14,17H,15-16H2,1-4H3;3-12H,13-14H2,1-2H3,(H,20,21)/i1D3,17D;. The highest BCUT2D eigenvalue weighted by atomic mass is 32.2. The molecule has 1 atom stereocenters. The second kappa shape index (κ2) is 19.5. The minimum atomic E-state index is -4.14. The molecule has 16 heteroatoms. The topological polar surface area (TPSA) is 158 Å². The molecule has 14 nitrogen and oxygen atoms in total. The zero-order chi connectivity index (χ0) is 44.4. The number of methoxy groups -OCH3 is 4. The van der Waals surface area contributed by atoms with Gasteiger partial charge in [-0.2, -0.15) is 18.8 Å². The van der Waals surface area contributed by atoms with Crippen LogP contribution in [0.2, 0.25) is 0 Å². The molecular formula is C41H48N6O8S2. The summed E-state index contributed by atoms with van der Waals surface area (Å²) in [5.41, 5.74) is 3.16. The average molecular weight is 821 g/mol. The summed E-state index contributed by atoms with van der Waals surface area (Å²) in [6.45, 7) is -1.01. The first-order valence-corrected chi connectivity index (χ1v) is 20.4. The molecule has 0 amide bonds. The molecule has 0 aliphatic rings. The maximum Gasteiger partial charge on any atom is 0.262 e. The summed E-state index contributed by atoms with van der Waals surface area (Å²) in [5.74, 6) is 2.73. The predicted molar refractivity (Wildman–Crippen MR) is 216 cm³/mol. The fourth-order valence-corrected chi connectivity index (χ4v) is 8.12. The first kappa shape index (κ1) is 36.9. The molecular weight excluding hydrogens is 769 g/mol. The number of nitrogens with one attached hydrogen (secondary N) is 1. The van der Waals surface area contributed by atoms with E-state index in [-0.39, 0.29) is 36.2 Å². The van der Waals surface area contributed by atoms with E-state index in [4.69, 9.17) is 24.4 Å². The minimum absolute atomic E-state index is 0.0443. The van der Waals surface area contributed by atoms with E-state index in [1.165, 1.54) is 33.1 Å². The van der Waals surface area contributed by atoms with Crippen LogP contribution in [0.25, 0.3) is 0 Å². The van der Waals surface area contributed by atoms with Crippen LogP contribution in [0.1, 0.15) is 47.5 Å². The number of aromatic amines is 1. The Labute approximate surface area is 340 Å². The second-order valence-corrected chi connectivity index (χ2v) is 16.3. The molecule has 0 saturated carbocycles. The molecule has 0 saturated heterocycles. The fraction of sp³-hybridized carbons (Fsp3) is 0.268. The van der Waals surface area contributed by atoms with Crippen molar-refractivity contribution in [1.82, 2.24) is 28.6 Å². The van der Waals surface area contributed by atoms with Gasteiger partial charge in [0.1, 0.15) is 23.0 Å². The molecule has 0 aliphatic carbocycles. The number of hydrogen-bond acceptors (Lipinski definition) is 10. The summed E-state index contributed by atoms with van der Waals surface area (Å²) in [6, 6.07) is 29.2.